The summed E-state index contributed by atoms with van der Waals surface area (Å²) in [5, 5.41) is 11.8. The lowest BCUT2D eigenvalue weighted by atomic mass is 10.2. The first kappa shape index (κ1) is 12.2. The zero-order valence-corrected chi connectivity index (χ0v) is 10.1. The fourth-order valence-corrected chi connectivity index (χ4v) is 2.30. The van der Waals surface area contributed by atoms with Gasteiger partial charge >= 0.3 is 0 Å². The second-order valence-electron chi connectivity index (χ2n) is 3.59. The molecule has 0 spiro atoms. The third-order valence-electron chi connectivity index (χ3n) is 2.34. The van der Waals surface area contributed by atoms with Gasteiger partial charge in [0, 0.05) is 17.3 Å². The molecule has 0 saturated carbocycles. The molecule has 0 radical (unpaired) electrons. The third kappa shape index (κ3) is 3.98. The van der Waals surface area contributed by atoms with Gasteiger partial charge in [-0.25, -0.2) is 4.98 Å². The first-order chi connectivity index (χ1) is 7.25. The van der Waals surface area contributed by atoms with E-state index in [1.54, 1.807) is 11.3 Å². The highest BCUT2D eigenvalue weighted by molar-refractivity contribution is 7.09. The molecule has 0 bridgehead atoms. The van der Waals surface area contributed by atoms with Crippen molar-refractivity contribution in [3.63, 3.8) is 0 Å². The van der Waals surface area contributed by atoms with E-state index in [9.17, 15) is 0 Å². The van der Waals surface area contributed by atoms with Crippen molar-refractivity contribution in [2.24, 2.45) is 0 Å². The van der Waals surface area contributed by atoms with Crippen LogP contribution in [0.1, 0.15) is 42.8 Å². The molecule has 1 atom stereocenters. The number of hydrogen-bond acceptors (Lipinski definition) is 4. The Kier molecular flexibility index (Phi) is 5.30. The molecule has 0 aliphatic heterocycles. The maximum atomic E-state index is 8.38. The molecular formula is C11H17N3S. The Morgan fingerprint density at radius 3 is 3.00 bits per heavy atom. The van der Waals surface area contributed by atoms with Crippen LogP contribution in [0.25, 0.3) is 0 Å². The molecule has 1 rings (SSSR count). The summed E-state index contributed by atoms with van der Waals surface area (Å²) in [4.78, 5) is 5.55. The number of thiazole rings is 1. The number of hydrogen-bond donors (Lipinski definition) is 1. The van der Waals surface area contributed by atoms with E-state index >= 15 is 0 Å². The van der Waals surface area contributed by atoms with Crippen molar-refractivity contribution >= 4 is 11.3 Å². The van der Waals surface area contributed by atoms with Crippen molar-refractivity contribution in [2.75, 3.05) is 6.54 Å². The predicted molar refractivity (Wildman–Crippen MR) is 62.7 cm³/mol. The van der Waals surface area contributed by atoms with Crippen molar-refractivity contribution in [2.45, 2.75) is 39.2 Å². The summed E-state index contributed by atoms with van der Waals surface area (Å²) in [7, 11) is 0. The zero-order chi connectivity index (χ0) is 11.1. The zero-order valence-electron chi connectivity index (χ0n) is 9.29. The van der Waals surface area contributed by atoms with Gasteiger partial charge in [0.2, 0.25) is 0 Å². The molecule has 1 aromatic rings. The molecular weight excluding hydrogens is 206 g/mol. The fraction of sp³-hybridized carbons (Fsp3) is 0.636. The molecule has 82 valence electrons. The highest BCUT2D eigenvalue weighted by Crippen LogP contribution is 2.20. The number of rotatable bonds is 6. The SMILES string of the molecule is Cc1ncsc1C(C)NCCCCC#N. The van der Waals surface area contributed by atoms with Crippen molar-refractivity contribution in [3.05, 3.63) is 16.1 Å². The second kappa shape index (κ2) is 6.54. The lowest BCUT2D eigenvalue weighted by molar-refractivity contribution is 0.552. The first-order valence-corrected chi connectivity index (χ1v) is 6.14. The minimum absolute atomic E-state index is 0.375. The van der Waals surface area contributed by atoms with Gasteiger partial charge in [-0.3, -0.25) is 0 Å². The Labute approximate surface area is 95.2 Å². The molecule has 0 saturated heterocycles. The summed E-state index contributed by atoms with van der Waals surface area (Å²) in [5.74, 6) is 0. The molecule has 4 heteroatoms. The van der Waals surface area contributed by atoms with Gasteiger partial charge in [-0.2, -0.15) is 5.26 Å². The monoisotopic (exact) mass is 223 g/mol. The topological polar surface area (TPSA) is 48.7 Å². The molecule has 1 unspecified atom stereocenters. The molecule has 0 aromatic carbocycles. The molecule has 1 N–H and O–H groups in total. The average molecular weight is 223 g/mol. The summed E-state index contributed by atoms with van der Waals surface area (Å²) in [6.07, 6.45) is 2.71. The van der Waals surface area contributed by atoms with Crippen LogP contribution in [0.2, 0.25) is 0 Å². The van der Waals surface area contributed by atoms with Crippen LogP contribution in [0.15, 0.2) is 5.51 Å². The van der Waals surface area contributed by atoms with E-state index in [0.717, 1.165) is 25.1 Å². The van der Waals surface area contributed by atoms with Gasteiger partial charge < -0.3 is 5.32 Å². The Morgan fingerprint density at radius 2 is 2.40 bits per heavy atom. The van der Waals surface area contributed by atoms with Gasteiger partial charge in [-0.05, 0) is 33.2 Å². The standard InChI is InChI=1S/C11H17N3S/c1-9(11-10(2)14-8-15-11)13-7-5-3-4-6-12/h8-9,13H,3-5,7H2,1-2H3. The number of aromatic nitrogens is 1. The maximum Gasteiger partial charge on any atom is 0.0798 e. The van der Waals surface area contributed by atoms with Crippen LogP contribution in [0.5, 0.6) is 0 Å². The Morgan fingerprint density at radius 1 is 1.60 bits per heavy atom. The van der Waals surface area contributed by atoms with Crippen LogP contribution in [0.3, 0.4) is 0 Å². The third-order valence-corrected chi connectivity index (χ3v) is 3.46. The summed E-state index contributed by atoms with van der Waals surface area (Å²) in [6, 6.07) is 2.53. The predicted octanol–water partition coefficient (Wildman–Crippen LogP) is 2.80. The average Bonchev–Trinajstić information content (AvgIpc) is 2.64. The van der Waals surface area contributed by atoms with Crippen LogP contribution in [0, 0.1) is 18.3 Å². The van der Waals surface area contributed by atoms with Crippen LogP contribution in [-0.4, -0.2) is 11.5 Å². The molecule has 0 aliphatic carbocycles. The molecule has 1 heterocycles. The van der Waals surface area contributed by atoms with Crippen molar-refractivity contribution in [3.8, 4) is 6.07 Å². The van der Waals surface area contributed by atoms with E-state index < -0.39 is 0 Å². The van der Waals surface area contributed by atoms with E-state index in [2.05, 4.69) is 23.3 Å². The van der Waals surface area contributed by atoms with Crippen molar-refractivity contribution in [1.82, 2.24) is 10.3 Å². The number of aryl methyl sites for hydroxylation is 1. The van der Waals surface area contributed by atoms with E-state index in [-0.39, 0.29) is 0 Å². The summed E-state index contributed by atoms with van der Waals surface area (Å²) >= 11 is 1.70. The smallest absolute Gasteiger partial charge is 0.0798 e. The van der Waals surface area contributed by atoms with Crippen LogP contribution < -0.4 is 5.32 Å². The molecule has 3 nitrogen and oxygen atoms in total. The highest BCUT2D eigenvalue weighted by Gasteiger charge is 2.09. The van der Waals surface area contributed by atoms with Crippen LogP contribution in [-0.2, 0) is 0 Å². The maximum absolute atomic E-state index is 8.38. The molecule has 0 aliphatic rings. The lowest BCUT2D eigenvalue weighted by Crippen LogP contribution is -2.19. The van der Waals surface area contributed by atoms with Gasteiger partial charge in [0.05, 0.1) is 17.3 Å². The van der Waals surface area contributed by atoms with Crippen LogP contribution >= 0.6 is 11.3 Å². The van der Waals surface area contributed by atoms with E-state index in [1.807, 2.05) is 12.4 Å². The Hall–Kier alpha value is -0.920. The van der Waals surface area contributed by atoms with Gasteiger partial charge in [-0.15, -0.1) is 11.3 Å². The van der Waals surface area contributed by atoms with E-state index in [1.165, 1.54) is 4.88 Å². The number of nitrogens with one attached hydrogen (secondary N) is 1. The van der Waals surface area contributed by atoms with Crippen LogP contribution in [0.4, 0.5) is 0 Å². The summed E-state index contributed by atoms with van der Waals surface area (Å²) in [5.41, 5.74) is 3.01. The minimum Gasteiger partial charge on any atom is -0.309 e. The van der Waals surface area contributed by atoms with E-state index in [4.69, 9.17) is 5.26 Å². The van der Waals surface area contributed by atoms with Crippen molar-refractivity contribution < 1.29 is 0 Å². The quantitative estimate of drug-likeness (QED) is 0.754. The Balaban J connectivity index is 2.23. The Bertz CT molecular complexity index is 327. The number of unbranched alkanes of at least 4 members (excludes halogenated alkanes) is 2. The summed E-state index contributed by atoms with van der Waals surface area (Å²) < 4.78 is 0. The fourth-order valence-electron chi connectivity index (χ4n) is 1.47. The first-order valence-electron chi connectivity index (χ1n) is 5.26. The highest BCUT2D eigenvalue weighted by atomic mass is 32.1. The summed E-state index contributed by atoms with van der Waals surface area (Å²) in [6.45, 7) is 5.17. The van der Waals surface area contributed by atoms with Gasteiger partial charge in [0.15, 0.2) is 0 Å². The molecule has 0 fully saturated rings. The van der Waals surface area contributed by atoms with Gasteiger partial charge in [0.1, 0.15) is 0 Å². The number of nitrogens with zero attached hydrogens (tertiary/aromatic N) is 2. The normalized spacial score (nSPS) is 12.3. The molecule has 1 aromatic heterocycles. The number of nitriles is 1. The second-order valence-corrected chi connectivity index (χ2v) is 4.48. The van der Waals surface area contributed by atoms with Gasteiger partial charge in [-0.1, -0.05) is 0 Å². The largest absolute Gasteiger partial charge is 0.309 e. The molecule has 0 amide bonds. The van der Waals surface area contributed by atoms with Gasteiger partial charge in [0.25, 0.3) is 0 Å². The lowest BCUT2D eigenvalue weighted by Gasteiger charge is -2.12. The van der Waals surface area contributed by atoms with Crippen molar-refractivity contribution in [1.29, 1.82) is 5.26 Å². The minimum atomic E-state index is 0.375. The molecule has 15 heavy (non-hydrogen) atoms. The van der Waals surface area contributed by atoms with E-state index in [0.29, 0.717) is 12.5 Å².